The Balaban J connectivity index is 0.000000150. The minimum atomic E-state index is -1.26. The number of allylic oxidation sites excluding steroid dienone is 2. The van der Waals surface area contributed by atoms with Crippen LogP contribution in [0.5, 0.6) is 5.75 Å². The van der Waals surface area contributed by atoms with Gasteiger partial charge in [0, 0.05) is 76.8 Å². The van der Waals surface area contributed by atoms with Gasteiger partial charge >= 0.3 is 11.9 Å². The molecule has 3 fully saturated rings. The van der Waals surface area contributed by atoms with Crippen LogP contribution in [0.1, 0.15) is 66.8 Å². The molecule has 1 saturated heterocycles. The van der Waals surface area contributed by atoms with Crippen molar-refractivity contribution in [2.75, 3.05) is 39.5 Å². The van der Waals surface area contributed by atoms with Gasteiger partial charge in [0.25, 0.3) is 0 Å². The molecular weight excluding hydrogens is 693 g/mol. The molecule has 2 aliphatic heterocycles. The average Bonchev–Trinajstić information content (AvgIpc) is 3.34. The lowest BCUT2D eigenvalue weighted by atomic mass is 9.60. The number of ketones is 1. The number of carbonyl (C=O) groups is 3. The molecule has 5 aliphatic rings. The summed E-state index contributed by atoms with van der Waals surface area (Å²) in [6.07, 6.45) is 11.5. The molecule has 10 heteroatoms. The van der Waals surface area contributed by atoms with Gasteiger partial charge in [0.05, 0.1) is 0 Å². The number of carboxylic acids is 2. The summed E-state index contributed by atoms with van der Waals surface area (Å²) in [6, 6.07) is 22.3. The van der Waals surface area contributed by atoms with Crippen molar-refractivity contribution in [2.45, 2.75) is 72.1 Å². The molecule has 8 nitrogen and oxygen atoms in total. The van der Waals surface area contributed by atoms with Gasteiger partial charge in [-0.3, -0.25) is 9.69 Å². The second-order valence-electron chi connectivity index (χ2n) is 14.5. The fourth-order valence-electron chi connectivity index (χ4n) is 8.55. The van der Waals surface area contributed by atoms with Crippen LogP contribution in [0.25, 0.3) is 0 Å². The van der Waals surface area contributed by atoms with Crippen LogP contribution in [0, 0.1) is 11.3 Å². The second kappa shape index (κ2) is 16.5. The highest BCUT2D eigenvalue weighted by molar-refractivity contribution is 7.99. The number of benzene rings is 3. The standard InChI is InChI=1S/C20H24N2S2.C18H20O2.C4H4O4/c1-21-9-11-22(12-10-21)18-13-15-5-3-4-6-19(15)24-20-8-7-16(23-2)14-17(18)20;1-18-9-8-14-13-5-3-12(19)10-11(13)2-4-15(14)16(18)6-7-17(18)20;5-3(6)1-2-4(7)8/h3-8,14,18H,9-13H2,1-2H3;3-5,10,14,16,19H,2,6-9H2,1H3;1-2H,(H,5,6)(H,7,8). The maximum atomic E-state index is 12.2. The molecule has 3 aliphatic carbocycles. The second-order valence-corrected chi connectivity index (χ2v) is 16.5. The number of phenols is 1. The monoisotopic (exact) mass is 740 g/mol. The van der Waals surface area contributed by atoms with E-state index in [0.29, 0.717) is 41.6 Å². The Morgan fingerprint density at radius 3 is 2.35 bits per heavy atom. The maximum Gasteiger partial charge on any atom is 0.328 e. The van der Waals surface area contributed by atoms with Crippen LogP contribution >= 0.6 is 23.5 Å². The van der Waals surface area contributed by atoms with Gasteiger partial charge in [0.1, 0.15) is 11.5 Å². The van der Waals surface area contributed by atoms with Crippen LogP contribution in [0.3, 0.4) is 0 Å². The molecule has 8 rings (SSSR count). The molecule has 0 radical (unpaired) electrons. The number of piperazine rings is 1. The average molecular weight is 741 g/mol. The SMILES string of the molecule is CC12CCC3C(=CCc4cc(O)ccc43)C1CCC2=O.CSc1ccc2c(c1)C(N1CCN(C)CC1)Cc1ccccc1S2.O=C(O)C=CC(=O)O. The van der Waals surface area contributed by atoms with Crippen LogP contribution in [0.4, 0.5) is 0 Å². The number of carboxylic acid groups (broad SMARTS) is 2. The number of hydrogen-bond acceptors (Lipinski definition) is 8. The predicted molar refractivity (Wildman–Crippen MR) is 206 cm³/mol. The van der Waals surface area contributed by atoms with Crippen molar-refractivity contribution >= 4 is 41.2 Å². The first-order chi connectivity index (χ1) is 25.0. The Bertz CT molecular complexity index is 1870. The van der Waals surface area contributed by atoms with E-state index in [2.05, 4.69) is 84.6 Å². The van der Waals surface area contributed by atoms with E-state index >= 15 is 0 Å². The number of phenolic OH excluding ortho intramolecular Hbond substituents is 1. The first-order valence-corrected chi connectivity index (χ1v) is 20.1. The smallest absolute Gasteiger partial charge is 0.328 e. The summed E-state index contributed by atoms with van der Waals surface area (Å²) in [5, 5.41) is 25.3. The largest absolute Gasteiger partial charge is 0.508 e. The molecule has 3 aromatic rings. The van der Waals surface area contributed by atoms with E-state index in [4.69, 9.17) is 10.2 Å². The number of thioether (sulfide) groups is 1. The zero-order valence-electron chi connectivity index (χ0n) is 30.1. The Morgan fingerprint density at radius 2 is 1.63 bits per heavy atom. The zero-order chi connectivity index (χ0) is 37.0. The summed E-state index contributed by atoms with van der Waals surface area (Å²) >= 11 is 3.79. The normalized spacial score (nSPS) is 25.0. The molecule has 0 aromatic heterocycles. The highest BCUT2D eigenvalue weighted by atomic mass is 32.2. The summed E-state index contributed by atoms with van der Waals surface area (Å²) in [6.45, 7) is 6.84. The molecule has 4 unspecified atom stereocenters. The van der Waals surface area contributed by atoms with Crippen molar-refractivity contribution < 1.29 is 29.7 Å². The molecule has 0 spiro atoms. The number of nitrogens with zero attached hydrogens (tertiary/aromatic N) is 2. The summed E-state index contributed by atoms with van der Waals surface area (Å²) in [4.78, 5) is 40.7. The van der Waals surface area contributed by atoms with Gasteiger partial charge in [0.2, 0.25) is 0 Å². The third kappa shape index (κ3) is 8.36. The minimum absolute atomic E-state index is 0.100. The van der Waals surface area contributed by atoms with Crippen LogP contribution in [0.15, 0.2) is 99.2 Å². The predicted octanol–water partition coefficient (Wildman–Crippen LogP) is 7.85. The molecular formula is C42H48N2O6S2. The lowest BCUT2D eigenvalue weighted by Gasteiger charge is -2.43. The molecule has 4 atom stereocenters. The Hall–Kier alpha value is -3.83. The maximum absolute atomic E-state index is 12.2. The summed E-state index contributed by atoms with van der Waals surface area (Å²) < 4.78 is 0. The molecule has 274 valence electrons. The number of carbonyl (C=O) groups excluding carboxylic acids is 1. The van der Waals surface area contributed by atoms with Crippen molar-refractivity contribution in [1.29, 1.82) is 0 Å². The number of aromatic hydroxyl groups is 1. The molecule has 0 bridgehead atoms. The van der Waals surface area contributed by atoms with Crippen molar-refractivity contribution in [3.8, 4) is 5.75 Å². The molecule has 52 heavy (non-hydrogen) atoms. The van der Waals surface area contributed by atoms with E-state index < -0.39 is 11.9 Å². The van der Waals surface area contributed by atoms with Crippen molar-refractivity contribution in [2.24, 2.45) is 11.3 Å². The molecule has 2 heterocycles. The van der Waals surface area contributed by atoms with Gasteiger partial charge < -0.3 is 20.2 Å². The molecule has 3 aromatic carbocycles. The fraction of sp³-hybridized carbons (Fsp3) is 0.405. The Labute approximate surface area is 315 Å². The zero-order valence-corrected chi connectivity index (χ0v) is 31.7. The lowest BCUT2D eigenvalue weighted by Crippen LogP contribution is -2.46. The van der Waals surface area contributed by atoms with E-state index in [9.17, 15) is 19.5 Å². The third-order valence-corrected chi connectivity index (χ3v) is 13.3. The van der Waals surface area contributed by atoms with E-state index in [1.165, 1.54) is 55.6 Å². The first-order valence-electron chi connectivity index (χ1n) is 18.0. The van der Waals surface area contributed by atoms with Gasteiger partial charge in [-0.05, 0) is 110 Å². The minimum Gasteiger partial charge on any atom is -0.508 e. The molecule has 2 saturated carbocycles. The topological polar surface area (TPSA) is 118 Å². The summed E-state index contributed by atoms with van der Waals surface area (Å²) in [5.41, 5.74) is 7.05. The van der Waals surface area contributed by atoms with Crippen molar-refractivity contribution in [3.05, 3.63) is 107 Å². The highest BCUT2D eigenvalue weighted by Gasteiger charge is 2.52. The number of likely N-dealkylation sites (N-methyl/N-ethyl adjacent to an activating group) is 1. The quantitative estimate of drug-likeness (QED) is 0.139. The van der Waals surface area contributed by atoms with E-state index in [0.717, 1.165) is 51.6 Å². The van der Waals surface area contributed by atoms with Gasteiger partial charge in [-0.1, -0.05) is 54.6 Å². The third-order valence-electron chi connectivity index (χ3n) is 11.4. The van der Waals surface area contributed by atoms with Crippen molar-refractivity contribution in [1.82, 2.24) is 9.80 Å². The van der Waals surface area contributed by atoms with Crippen LogP contribution < -0.4 is 0 Å². The van der Waals surface area contributed by atoms with E-state index in [-0.39, 0.29) is 5.41 Å². The summed E-state index contributed by atoms with van der Waals surface area (Å²) in [5.74, 6) is -0.755. The van der Waals surface area contributed by atoms with Gasteiger partial charge in [0.15, 0.2) is 0 Å². The molecule has 3 N–H and O–H groups in total. The number of aliphatic carboxylic acids is 2. The van der Waals surface area contributed by atoms with Gasteiger partial charge in [-0.15, -0.1) is 11.8 Å². The number of rotatable bonds is 4. The Morgan fingerprint density at radius 1 is 0.904 bits per heavy atom. The first kappa shape index (κ1) is 37.9. The van der Waals surface area contributed by atoms with Crippen LogP contribution in [-0.4, -0.2) is 82.3 Å². The van der Waals surface area contributed by atoms with E-state index in [1.54, 1.807) is 6.07 Å². The van der Waals surface area contributed by atoms with Crippen molar-refractivity contribution in [3.63, 3.8) is 0 Å². The number of hydrogen-bond donors (Lipinski definition) is 3. The Kier molecular flexibility index (Phi) is 12.0. The number of fused-ring (bicyclic) bond motifs is 7. The lowest BCUT2D eigenvalue weighted by molar-refractivity contribution is -0.134. The van der Waals surface area contributed by atoms with Gasteiger partial charge in [-0.25, -0.2) is 9.59 Å². The highest BCUT2D eigenvalue weighted by Crippen LogP contribution is 2.58. The van der Waals surface area contributed by atoms with Gasteiger partial charge in [-0.2, -0.15) is 0 Å². The van der Waals surface area contributed by atoms with Crippen LogP contribution in [-0.2, 0) is 27.2 Å². The van der Waals surface area contributed by atoms with E-state index in [1.807, 2.05) is 29.6 Å². The summed E-state index contributed by atoms with van der Waals surface area (Å²) in [7, 11) is 2.23. The molecule has 0 amide bonds. The van der Waals surface area contributed by atoms with Crippen LogP contribution in [0.2, 0.25) is 0 Å². The number of Topliss-reactive ketones (excluding diaryl/α,β-unsaturated/α-hetero) is 1. The fourth-order valence-corrected chi connectivity index (χ4v) is 10.1.